The first-order valence-corrected chi connectivity index (χ1v) is 5.95. The van der Waals surface area contributed by atoms with Crippen LogP contribution in [0, 0.1) is 5.92 Å². The molecule has 0 bridgehead atoms. The standard InChI is InChI=1S/C13H14N2O2/c16-13(10-7-17-8-10)12-6-5-9-3-1-2-4-11(9)14-15-12/h1-4,10,12H,5-8H2. The molecule has 0 N–H and O–H groups in total. The van der Waals surface area contributed by atoms with E-state index in [1.54, 1.807) is 0 Å². The normalized spacial score (nSPS) is 23.6. The molecule has 1 saturated heterocycles. The van der Waals surface area contributed by atoms with Crippen molar-refractivity contribution in [1.82, 2.24) is 0 Å². The fraction of sp³-hybridized carbons (Fsp3) is 0.462. The fourth-order valence-corrected chi connectivity index (χ4v) is 2.17. The Bertz CT molecular complexity index is 466. The third kappa shape index (κ3) is 2.00. The lowest BCUT2D eigenvalue weighted by molar-refractivity contribution is -0.138. The number of Topliss-reactive ketones (excluding diaryl/α,β-unsaturated/α-hetero) is 1. The van der Waals surface area contributed by atoms with Crippen LogP contribution in [0.4, 0.5) is 5.69 Å². The molecule has 2 heterocycles. The second kappa shape index (κ2) is 4.37. The zero-order chi connectivity index (χ0) is 11.7. The van der Waals surface area contributed by atoms with Crippen molar-refractivity contribution >= 4 is 11.5 Å². The monoisotopic (exact) mass is 230 g/mol. The molecule has 0 amide bonds. The molecule has 1 atom stereocenters. The summed E-state index contributed by atoms with van der Waals surface area (Å²) in [5, 5.41) is 8.38. The second-order valence-corrected chi connectivity index (χ2v) is 4.54. The fourth-order valence-electron chi connectivity index (χ4n) is 2.17. The second-order valence-electron chi connectivity index (χ2n) is 4.54. The number of benzene rings is 1. The van der Waals surface area contributed by atoms with Crippen LogP contribution in [0.1, 0.15) is 12.0 Å². The molecular formula is C13H14N2O2. The molecule has 88 valence electrons. The minimum Gasteiger partial charge on any atom is -0.380 e. The van der Waals surface area contributed by atoms with E-state index in [0.717, 1.165) is 18.5 Å². The van der Waals surface area contributed by atoms with Gasteiger partial charge in [0.05, 0.1) is 24.8 Å². The number of nitrogens with zero attached hydrogens (tertiary/aromatic N) is 2. The van der Waals surface area contributed by atoms with Gasteiger partial charge in [0.1, 0.15) is 6.04 Å². The molecule has 17 heavy (non-hydrogen) atoms. The first-order chi connectivity index (χ1) is 8.34. The number of carbonyl (C=O) groups excluding carboxylic acids is 1. The van der Waals surface area contributed by atoms with Gasteiger partial charge in [-0.1, -0.05) is 18.2 Å². The van der Waals surface area contributed by atoms with Crippen molar-refractivity contribution in [3.05, 3.63) is 29.8 Å². The lowest BCUT2D eigenvalue weighted by atomic mass is 9.93. The van der Waals surface area contributed by atoms with Gasteiger partial charge in [-0.25, -0.2) is 0 Å². The summed E-state index contributed by atoms with van der Waals surface area (Å²) in [7, 11) is 0. The molecule has 1 unspecified atom stereocenters. The summed E-state index contributed by atoms with van der Waals surface area (Å²) in [5.41, 5.74) is 2.07. The molecule has 4 nitrogen and oxygen atoms in total. The quantitative estimate of drug-likeness (QED) is 0.782. The first kappa shape index (κ1) is 10.6. The molecule has 0 aliphatic carbocycles. The van der Waals surface area contributed by atoms with Crippen molar-refractivity contribution < 1.29 is 9.53 Å². The van der Waals surface area contributed by atoms with Crippen molar-refractivity contribution in [1.29, 1.82) is 0 Å². The smallest absolute Gasteiger partial charge is 0.166 e. The Morgan fingerprint density at radius 3 is 2.88 bits per heavy atom. The van der Waals surface area contributed by atoms with E-state index in [9.17, 15) is 4.79 Å². The van der Waals surface area contributed by atoms with Gasteiger partial charge in [-0.15, -0.1) is 0 Å². The number of ketones is 1. The number of hydrogen-bond acceptors (Lipinski definition) is 4. The van der Waals surface area contributed by atoms with Gasteiger partial charge in [0.15, 0.2) is 5.78 Å². The third-order valence-electron chi connectivity index (χ3n) is 3.35. The van der Waals surface area contributed by atoms with E-state index < -0.39 is 0 Å². The lowest BCUT2D eigenvalue weighted by Crippen LogP contribution is -2.40. The van der Waals surface area contributed by atoms with E-state index in [1.165, 1.54) is 5.56 Å². The summed E-state index contributed by atoms with van der Waals surface area (Å²) in [4.78, 5) is 12.1. The zero-order valence-corrected chi connectivity index (χ0v) is 9.50. The molecule has 0 radical (unpaired) electrons. The summed E-state index contributed by atoms with van der Waals surface area (Å²) in [6.07, 6.45) is 1.63. The lowest BCUT2D eigenvalue weighted by Gasteiger charge is -2.26. The van der Waals surface area contributed by atoms with Crippen LogP contribution in [0.15, 0.2) is 34.5 Å². The Morgan fingerprint density at radius 1 is 1.29 bits per heavy atom. The van der Waals surface area contributed by atoms with E-state index in [-0.39, 0.29) is 17.7 Å². The van der Waals surface area contributed by atoms with Crippen molar-refractivity contribution in [3.63, 3.8) is 0 Å². The van der Waals surface area contributed by atoms with Gasteiger partial charge in [-0.3, -0.25) is 4.79 Å². The van der Waals surface area contributed by atoms with Crippen LogP contribution in [0.5, 0.6) is 0 Å². The number of aryl methyl sites for hydroxylation is 1. The minimum atomic E-state index is -0.281. The van der Waals surface area contributed by atoms with E-state index >= 15 is 0 Å². The number of rotatable bonds is 2. The third-order valence-corrected chi connectivity index (χ3v) is 3.35. The Balaban J connectivity index is 1.77. The van der Waals surface area contributed by atoms with Gasteiger partial charge in [0.25, 0.3) is 0 Å². The maximum Gasteiger partial charge on any atom is 0.166 e. The average Bonchev–Trinajstić information content (AvgIpc) is 2.49. The van der Waals surface area contributed by atoms with E-state index in [1.807, 2.05) is 24.3 Å². The number of fused-ring (bicyclic) bond motifs is 1. The highest BCUT2D eigenvalue weighted by molar-refractivity contribution is 5.87. The number of hydrogen-bond donors (Lipinski definition) is 0. The zero-order valence-electron chi connectivity index (χ0n) is 9.50. The molecule has 1 fully saturated rings. The SMILES string of the molecule is O=C(C1COC1)C1CCc2ccccc2N=N1. The summed E-state index contributed by atoms with van der Waals surface area (Å²) >= 11 is 0. The predicted octanol–water partition coefficient (Wildman–Crippen LogP) is 2.30. The molecule has 0 spiro atoms. The largest absolute Gasteiger partial charge is 0.380 e. The Labute approximate surface area is 99.7 Å². The minimum absolute atomic E-state index is 0.0418. The number of carbonyl (C=O) groups is 1. The van der Waals surface area contributed by atoms with Crippen LogP contribution in [-0.2, 0) is 16.0 Å². The first-order valence-electron chi connectivity index (χ1n) is 5.95. The molecular weight excluding hydrogens is 216 g/mol. The maximum atomic E-state index is 12.1. The van der Waals surface area contributed by atoms with Crippen molar-refractivity contribution in [2.75, 3.05) is 13.2 Å². The predicted molar refractivity (Wildman–Crippen MR) is 62.4 cm³/mol. The topological polar surface area (TPSA) is 51.0 Å². The van der Waals surface area contributed by atoms with Crippen molar-refractivity contribution in [2.24, 2.45) is 16.1 Å². The van der Waals surface area contributed by atoms with Gasteiger partial charge >= 0.3 is 0 Å². The summed E-state index contributed by atoms with van der Waals surface area (Å²) in [5.74, 6) is 0.230. The number of azo groups is 1. The Hall–Kier alpha value is -1.55. The summed E-state index contributed by atoms with van der Waals surface area (Å²) < 4.78 is 5.05. The molecule has 4 heteroatoms. The van der Waals surface area contributed by atoms with Crippen LogP contribution in [-0.4, -0.2) is 25.0 Å². The molecule has 1 aromatic rings. The average molecular weight is 230 g/mol. The van der Waals surface area contributed by atoms with Gasteiger partial charge in [0.2, 0.25) is 0 Å². The molecule has 2 aliphatic heterocycles. The highest BCUT2D eigenvalue weighted by Crippen LogP contribution is 2.27. The van der Waals surface area contributed by atoms with Crippen molar-refractivity contribution in [3.8, 4) is 0 Å². The highest BCUT2D eigenvalue weighted by Gasteiger charge is 2.32. The van der Waals surface area contributed by atoms with E-state index in [2.05, 4.69) is 10.2 Å². The van der Waals surface area contributed by atoms with Crippen LogP contribution in [0.2, 0.25) is 0 Å². The van der Waals surface area contributed by atoms with Gasteiger partial charge in [-0.2, -0.15) is 10.2 Å². The highest BCUT2D eigenvalue weighted by atomic mass is 16.5. The van der Waals surface area contributed by atoms with Crippen LogP contribution >= 0.6 is 0 Å². The van der Waals surface area contributed by atoms with Gasteiger partial charge in [-0.05, 0) is 24.5 Å². The Kier molecular flexibility index (Phi) is 2.73. The van der Waals surface area contributed by atoms with Crippen molar-refractivity contribution in [2.45, 2.75) is 18.9 Å². The van der Waals surface area contributed by atoms with Crippen LogP contribution in [0.3, 0.4) is 0 Å². The Morgan fingerprint density at radius 2 is 2.12 bits per heavy atom. The van der Waals surface area contributed by atoms with Gasteiger partial charge < -0.3 is 4.74 Å². The molecule has 0 saturated carbocycles. The van der Waals surface area contributed by atoms with Crippen LogP contribution in [0.25, 0.3) is 0 Å². The molecule has 3 rings (SSSR count). The van der Waals surface area contributed by atoms with Gasteiger partial charge in [0, 0.05) is 0 Å². The maximum absolute atomic E-state index is 12.1. The molecule has 2 aliphatic rings. The van der Waals surface area contributed by atoms with E-state index in [0.29, 0.717) is 13.2 Å². The summed E-state index contributed by atoms with van der Waals surface area (Å²) in [6.45, 7) is 1.11. The van der Waals surface area contributed by atoms with E-state index in [4.69, 9.17) is 4.74 Å². The summed E-state index contributed by atoms with van der Waals surface area (Å²) in [6, 6.07) is 7.65. The number of ether oxygens (including phenoxy) is 1. The molecule has 1 aromatic carbocycles. The molecule has 0 aromatic heterocycles. The van der Waals surface area contributed by atoms with Crippen LogP contribution < -0.4 is 0 Å².